The van der Waals surface area contributed by atoms with E-state index < -0.39 is 6.69 Å². The van der Waals surface area contributed by atoms with Gasteiger partial charge in [0.1, 0.15) is 0 Å². The van der Waals surface area contributed by atoms with Crippen molar-refractivity contribution in [3.8, 4) is 0 Å². The zero-order valence-electron chi connectivity index (χ0n) is 24.6. The molecule has 0 saturated heterocycles. The van der Waals surface area contributed by atoms with E-state index in [4.69, 9.17) is 33.8 Å². The molecular weight excluding hydrogens is 519 g/mol. The third-order valence-corrected chi connectivity index (χ3v) is 10.4. The van der Waals surface area contributed by atoms with Gasteiger partial charge in [-0.15, -0.1) is 33.8 Å². The molecule has 0 fully saturated rings. The van der Waals surface area contributed by atoms with Crippen molar-refractivity contribution in [3.05, 3.63) is 0 Å². The summed E-state index contributed by atoms with van der Waals surface area (Å²) in [5.74, 6) is 0.843. The topological polar surface area (TPSA) is 0 Å². The molecule has 0 amide bonds. The average Bonchev–Trinajstić information content (AvgIpc) is 2.84. The van der Waals surface area contributed by atoms with Crippen molar-refractivity contribution in [1.29, 1.82) is 0 Å². The molecule has 0 nitrogen and oxygen atoms in total. The highest BCUT2D eigenvalue weighted by molar-refractivity contribution is 7.44. The fraction of sp³-hybridized carbons (Fsp3) is 1.00. The maximum atomic E-state index is 6.15. The van der Waals surface area contributed by atoms with Crippen LogP contribution in [-0.4, -0.2) is 12.6 Å². The van der Waals surface area contributed by atoms with Crippen molar-refractivity contribution in [3.63, 3.8) is 0 Å². The first-order chi connectivity index (χ1) is 17.6. The van der Waals surface area contributed by atoms with Gasteiger partial charge < -0.3 is 0 Å². The zero-order valence-corrected chi connectivity index (χ0v) is 27.8. The minimum atomic E-state index is -1.84. The Morgan fingerprint density at radius 1 is 0.306 bits per heavy atom. The van der Waals surface area contributed by atoms with Gasteiger partial charge in [-0.3, -0.25) is 0 Å². The van der Waals surface area contributed by atoms with Crippen LogP contribution in [0.2, 0.25) is 12.6 Å². The Labute approximate surface area is 244 Å². The average molecular weight is 584 g/mol. The van der Waals surface area contributed by atoms with Crippen LogP contribution in [0, 0.1) is 0 Å². The minimum Gasteiger partial charge on any atom is -0.146 e. The lowest BCUT2D eigenvalue weighted by Gasteiger charge is -2.09. The fourth-order valence-electron chi connectivity index (χ4n) is 5.30. The Bertz CT molecular complexity index is 397. The van der Waals surface area contributed by atoms with Gasteiger partial charge in [0.15, 0.2) is 0 Å². The van der Waals surface area contributed by atoms with E-state index in [1.54, 1.807) is 0 Å². The first kappa shape index (κ1) is 37.1. The molecule has 0 spiro atoms. The number of halogens is 3. The highest BCUT2D eigenvalue weighted by atomic mass is 35.7. The molecular formula is C32H65Cl3Si. The van der Waals surface area contributed by atoms with Crippen LogP contribution in [0.4, 0.5) is 0 Å². The van der Waals surface area contributed by atoms with E-state index in [9.17, 15) is 0 Å². The van der Waals surface area contributed by atoms with Gasteiger partial charge in [0.05, 0.1) is 0 Å². The molecule has 0 heterocycles. The third-order valence-electron chi connectivity index (χ3n) is 7.75. The fourth-order valence-corrected chi connectivity index (χ4v) is 7.16. The second-order valence-corrected chi connectivity index (χ2v) is 20.4. The van der Waals surface area contributed by atoms with Crippen LogP contribution >= 0.6 is 33.8 Å². The summed E-state index contributed by atoms with van der Waals surface area (Å²) >= 11 is 18.0. The van der Waals surface area contributed by atoms with Crippen molar-refractivity contribution in [1.82, 2.24) is 0 Å². The van der Waals surface area contributed by atoms with Crippen molar-refractivity contribution in [2.75, 3.05) is 5.88 Å². The minimum absolute atomic E-state index is 0.843. The quantitative estimate of drug-likeness (QED) is 0.0329. The Kier molecular flexibility index (Phi) is 31.6. The van der Waals surface area contributed by atoms with Crippen molar-refractivity contribution < 1.29 is 0 Å². The number of hydrogen-bond acceptors (Lipinski definition) is 0. The van der Waals surface area contributed by atoms with Gasteiger partial charge in [-0.05, 0) is 19.0 Å². The molecule has 36 heavy (non-hydrogen) atoms. The summed E-state index contributed by atoms with van der Waals surface area (Å²) in [6, 6.07) is 1.06. The molecule has 4 heteroatoms. The van der Waals surface area contributed by atoms with E-state index in [1.807, 2.05) is 6.55 Å². The van der Waals surface area contributed by atoms with E-state index in [0.717, 1.165) is 11.9 Å². The van der Waals surface area contributed by atoms with Gasteiger partial charge in [-0.25, -0.2) is 0 Å². The highest BCUT2D eigenvalue weighted by Gasteiger charge is 2.19. The predicted octanol–water partition coefficient (Wildman–Crippen LogP) is 14.1. The van der Waals surface area contributed by atoms with Crippen LogP contribution in [0.15, 0.2) is 0 Å². The SMILES string of the molecule is C[Si](Cl)(Cl)CCCCCCCCCCCCCCCCCCCCCCCCCCCCCCCCl. The molecule has 0 aliphatic carbocycles. The van der Waals surface area contributed by atoms with Crippen molar-refractivity contribution >= 4 is 40.5 Å². The predicted molar refractivity (Wildman–Crippen MR) is 173 cm³/mol. The molecule has 0 aromatic carbocycles. The monoisotopic (exact) mass is 582 g/mol. The summed E-state index contributed by atoms with van der Waals surface area (Å²) in [5, 5.41) is 0. The van der Waals surface area contributed by atoms with E-state index in [0.29, 0.717) is 0 Å². The summed E-state index contributed by atoms with van der Waals surface area (Å²) in [4.78, 5) is 0. The first-order valence-corrected chi connectivity index (χ1v) is 21.8. The summed E-state index contributed by atoms with van der Waals surface area (Å²) < 4.78 is 0. The Hall–Kier alpha value is 1.09. The molecule has 0 bridgehead atoms. The summed E-state index contributed by atoms with van der Waals surface area (Å²) in [5.41, 5.74) is 0. The standard InChI is InChI=1S/C32H65Cl3Si/c1-36(34,35)32-30-28-26-24-22-20-18-16-14-12-10-8-6-4-2-3-5-7-9-11-13-15-17-19-21-23-25-27-29-31-33/h2-32H2,1H3. The second kappa shape index (κ2) is 30.6. The molecule has 218 valence electrons. The molecule has 0 aliphatic heterocycles. The molecule has 0 radical (unpaired) electrons. The van der Waals surface area contributed by atoms with Crippen molar-refractivity contribution in [2.24, 2.45) is 0 Å². The van der Waals surface area contributed by atoms with Crippen LogP contribution in [0.5, 0.6) is 0 Å². The molecule has 0 atom stereocenters. The largest absolute Gasteiger partial charge is 0.248 e. The Morgan fingerprint density at radius 3 is 0.639 bits per heavy atom. The smallest absolute Gasteiger partial charge is 0.146 e. The molecule has 0 rings (SSSR count). The molecule has 0 aromatic heterocycles. The third kappa shape index (κ3) is 35.1. The molecule has 0 N–H and O–H groups in total. The molecule has 0 unspecified atom stereocenters. The van der Waals surface area contributed by atoms with Crippen LogP contribution in [0.3, 0.4) is 0 Å². The lowest BCUT2D eigenvalue weighted by molar-refractivity contribution is 0.514. The maximum Gasteiger partial charge on any atom is 0.248 e. The lowest BCUT2D eigenvalue weighted by Crippen LogP contribution is -2.11. The van der Waals surface area contributed by atoms with Gasteiger partial charge in [0.25, 0.3) is 0 Å². The Balaban J connectivity index is 3.03. The number of alkyl halides is 1. The van der Waals surface area contributed by atoms with E-state index in [2.05, 4.69) is 0 Å². The van der Waals surface area contributed by atoms with E-state index >= 15 is 0 Å². The second-order valence-electron chi connectivity index (χ2n) is 11.8. The normalized spacial score (nSPS) is 12.0. The van der Waals surface area contributed by atoms with Crippen LogP contribution in [0.25, 0.3) is 0 Å². The number of unbranched alkanes of at least 4 members (excludes halogenated alkanes) is 28. The number of rotatable bonds is 31. The first-order valence-electron chi connectivity index (χ1n) is 16.5. The zero-order chi connectivity index (χ0) is 26.4. The van der Waals surface area contributed by atoms with Crippen LogP contribution < -0.4 is 0 Å². The summed E-state index contributed by atoms with van der Waals surface area (Å²) in [6.45, 7) is 0.200. The molecule has 0 saturated carbocycles. The molecule has 0 aromatic rings. The van der Waals surface area contributed by atoms with Gasteiger partial charge in [0.2, 0.25) is 6.69 Å². The van der Waals surface area contributed by atoms with E-state index in [1.165, 1.54) is 186 Å². The lowest BCUT2D eigenvalue weighted by atomic mass is 10.0. The molecule has 0 aliphatic rings. The van der Waals surface area contributed by atoms with Gasteiger partial charge >= 0.3 is 0 Å². The van der Waals surface area contributed by atoms with Gasteiger partial charge in [-0.1, -0.05) is 180 Å². The summed E-state index contributed by atoms with van der Waals surface area (Å²) in [6.07, 6.45) is 41.4. The van der Waals surface area contributed by atoms with Crippen molar-refractivity contribution in [2.45, 2.75) is 199 Å². The highest BCUT2D eigenvalue weighted by Crippen LogP contribution is 2.23. The van der Waals surface area contributed by atoms with Gasteiger partial charge in [0, 0.05) is 5.88 Å². The van der Waals surface area contributed by atoms with Gasteiger partial charge in [-0.2, -0.15) is 0 Å². The van der Waals surface area contributed by atoms with Crippen LogP contribution in [0.1, 0.15) is 186 Å². The maximum absolute atomic E-state index is 6.15. The summed E-state index contributed by atoms with van der Waals surface area (Å²) in [7, 11) is 0. The van der Waals surface area contributed by atoms with Crippen LogP contribution in [-0.2, 0) is 0 Å². The number of hydrogen-bond donors (Lipinski definition) is 0. The van der Waals surface area contributed by atoms with E-state index in [-0.39, 0.29) is 0 Å². The Morgan fingerprint density at radius 2 is 0.472 bits per heavy atom.